The Morgan fingerprint density at radius 3 is 2.93 bits per heavy atom. The molecule has 0 unspecified atom stereocenters. The topological polar surface area (TPSA) is 107 Å². The van der Waals surface area contributed by atoms with E-state index in [9.17, 15) is 9.59 Å². The number of carboxylic acid groups (broad SMARTS) is 1. The van der Waals surface area contributed by atoms with Crippen molar-refractivity contribution in [3.63, 3.8) is 0 Å². The lowest BCUT2D eigenvalue weighted by Gasteiger charge is -2.04. The van der Waals surface area contributed by atoms with E-state index in [0.29, 0.717) is 0 Å². The largest absolute Gasteiger partial charge is 0.478 e. The van der Waals surface area contributed by atoms with Crippen LogP contribution >= 0.6 is 11.8 Å². The van der Waals surface area contributed by atoms with Crippen LogP contribution in [0.25, 0.3) is 0 Å². The van der Waals surface area contributed by atoms with Gasteiger partial charge in [0.1, 0.15) is 10.6 Å². The van der Waals surface area contributed by atoms with Crippen molar-refractivity contribution in [1.82, 2.24) is 9.97 Å². The second-order valence-electron chi connectivity index (χ2n) is 2.60. The Bertz CT molecular complexity index is 489. The Kier molecular flexibility index (Phi) is 3.46. The maximum atomic E-state index is 11.0. The van der Waals surface area contributed by atoms with Crippen LogP contribution in [0.2, 0.25) is 0 Å². The van der Waals surface area contributed by atoms with Crippen molar-refractivity contribution < 1.29 is 9.90 Å². The highest BCUT2D eigenvalue weighted by molar-refractivity contribution is 7.99. The number of aryl methyl sites for hydroxylation is 1. The highest BCUT2D eigenvalue weighted by Gasteiger charge is 2.16. The van der Waals surface area contributed by atoms with Crippen molar-refractivity contribution in [2.75, 3.05) is 5.75 Å². The summed E-state index contributed by atoms with van der Waals surface area (Å²) in [5.41, 5.74) is -0.435. The molecule has 0 amide bonds. The maximum Gasteiger partial charge on any atom is 0.346 e. The third-order valence-electron chi connectivity index (χ3n) is 1.57. The van der Waals surface area contributed by atoms with Gasteiger partial charge in [0.25, 0.3) is 0 Å². The third-order valence-corrected chi connectivity index (χ3v) is 2.42. The Morgan fingerprint density at radius 2 is 2.40 bits per heavy atom. The zero-order chi connectivity index (χ0) is 11.4. The van der Waals surface area contributed by atoms with E-state index in [1.54, 1.807) is 0 Å². The maximum absolute atomic E-state index is 11.0. The minimum Gasteiger partial charge on any atom is -0.478 e. The van der Waals surface area contributed by atoms with Gasteiger partial charge in [0.2, 0.25) is 0 Å². The molecule has 2 N–H and O–H groups in total. The Labute approximate surface area is 89.0 Å². The van der Waals surface area contributed by atoms with Gasteiger partial charge in [-0.1, -0.05) is 11.8 Å². The van der Waals surface area contributed by atoms with E-state index in [-0.39, 0.29) is 22.0 Å². The van der Waals surface area contributed by atoms with Crippen LogP contribution in [0.4, 0.5) is 0 Å². The first kappa shape index (κ1) is 11.3. The molecule has 0 aliphatic heterocycles. The van der Waals surface area contributed by atoms with Crippen LogP contribution in [-0.4, -0.2) is 26.8 Å². The van der Waals surface area contributed by atoms with Gasteiger partial charge in [-0.15, -0.1) is 0 Å². The number of nitriles is 1. The van der Waals surface area contributed by atoms with Crippen molar-refractivity contribution in [2.24, 2.45) is 0 Å². The van der Waals surface area contributed by atoms with Crippen LogP contribution in [0, 0.1) is 18.3 Å². The first-order valence-electron chi connectivity index (χ1n) is 3.90. The first-order chi connectivity index (χ1) is 7.06. The zero-order valence-electron chi connectivity index (χ0n) is 7.77. The van der Waals surface area contributed by atoms with Crippen LogP contribution in [0.1, 0.15) is 16.1 Å². The van der Waals surface area contributed by atoms with Crippen molar-refractivity contribution >= 4 is 17.7 Å². The first-order valence-corrected chi connectivity index (χ1v) is 4.88. The molecule has 0 aliphatic rings. The van der Waals surface area contributed by atoms with Crippen LogP contribution in [0.15, 0.2) is 9.82 Å². The van der Waals surface area contributed by atoms with Gasteiger partial charge in [-0.2, -0.15) is 10.2 Å². The lowest BCUT2D eigenvalue weighted by molar-refractivity contribution is 0.0690. The molecule has 0 saturated carbocycles. The van der Waals surface area contributed by atoms with Crippen molar-refractivity contribution in [3.05, 3.63) is 21.7 Å². The van der Waals surface area contributed by atoms with E-state index in [1.165, 1.54) is 6.92 Å². The number of nitrogens with zero attached hydrogens (tertiary/aromatic N) is 2. The lowest BCUT2D eigenvalue weighted by Crippen LogP contribution is -2.18. The van der Waals surface area contributed by atoms with Gasteiger partial charge in [0.15, 0.2) is 0 Å². The molecular formula is C8H7N3O3S. The van der Waals surface area contributed by atoms with Crippen LogP contribution in [0.5, 0.6) is 0 Å². The summed E-state index contributed by atoms with van der Waals surface area (Å²) in [6.07, 6.45) is 0. The average molecular weight is 225 g/mol. The Morgan fingerprint density at radius 1 is 1.73 bits per heavy atom. The second kappa shape index (κ2) is 4.61. The molecule has 15 heavy (non-hydrogen) atoms. The second-order valence-corrected chi connectivity index (χ2v) is 3.56. The van der Waals surface area contributed by atoms with Crippen molar-refractivity contribution in [2.45, 2.75) is 11.9 Å². The highest BCUT2D eigenvalue weighted by atomic mass is 32.2. The van der Waals surface area contributed by atoms with Gasteiger partial charge in [-0.25, -0.2) is 9.59 Å². The summed E-state index contributed by atoms with van der Waals surface area (Å²) < 4.78 is 0. The minimum atomic E-state index is -1.17. The molecule has 0 radical (unpaired) electrons. The summed E-state index contributed by atoms with van der Waals surface area (Å²) in [4.78, 5) is 27.7. The molecule has 78 valence electrons. The van der Waals surface area contributed by atoms with Gasteiger partial charge < -0.3 is 10.1 Å². The number of hydrogen-bond donors (Lipinski definition) is 2. The molecule has 1 aromatic rings. The molecule has 0 spiro atoms. The fourth-order valence-electron chi connectivity index (χ4n) is 1.02. The number of aromatic amines is 1. The number of nitrogens with one attached hydrogen (secondary N) is 1. The summed E-state index contributed by atoms with van der Waals surface area (Å²) in [5, 5.41) is 17.3. The van der Waals surface area contributed by atoms with E-state index in [1.807, 2.05) is 6.07 Å². The van der Waals surface area contributed by atoms with E-state index < -0.39 is 11.7 Å². The van der Waals surface area contributed by atoms with Crippen LogP contribution in [0.3, 0.4) is 0 Å². The number of hydrogen-bond acceptors (Lipinski definition) is 5. The molecule has 1 rings (SSSR count). The molecule has 0 atom stereocenters. The standard InChI is InChI=1S/C8H7N3O3S/c1-4-5(7(12)13)6(15-3-2-9)11-8(14)10-4/h3H2,1H3,(H,12,13)(H,10,11,14). The van der Waals surface area contributed by atoms with Crippen LogP contribution in [-0.2, 0) is 0 Å². The van der Waals surface area contributed by atoms with E-state index >= 15 is 0 Å². The van der Waals surface area contributed by atoms with Gasteiger partial charge in [0, 0.05) is 5.69 Å². The summed E-state index contributed by atoms with van der Waals surface area (Å²) >= 11 is 0.931. The molecule has 1 aromatic heterocycles. The zero-order valence-corrected chi connectivity index (χ0v) is 8.59. The number of H-pyrrole nitrogens is 1. The molecular weight excluding hydrogens is 218 g/mol. The average Bonchev–Trinajstić information content (AvgIpc) is 2.12. The monoisotopic (exact) mass is 225 g/mol. The Balaban J connectivity index is 3.28. The number of carbonyl (C=O) groups is 1. The molecule has 1 heterocycles. The lowest BCUT2D eigenvalue weighted by atomic mass is 10.2. The van der Waals surface area contributed by atoms with Gasteiger partial charge in [0.05, 0.1) is 11.8 Å². The normalized spacial score (nSPS) is 9.60. The number of rotatable bonds is 3. The summed E-state index contributed by atoms with van der Waals surface area (Å²) in [6, 6.07) is 1.84. The molecule has 7 heteroatoms. The predicted octanol–water partition coefficient (Wildman–Crippen LogP) is 0.392. The summed E-state index contributed by atoms with van der Waals surface area (Å²) in [7, 11) is 0. The van der Waals surface area contributed by atoms with Gasteiger partial charge in [-0.05, 0) is 6.92 Å². The van der Waals surface area contributed by atoms with Gasteiger partial charge in [-0.3, -0.25) is 0 Å². The number of aromatic carboxylic acids is 1. The molecule has 0 aromatic carbocycles. The molecule has 0 aliphatic carbocycles. The molecule has 0 saturated heterocycles. The number of carboxylic acids is 1. The highest BCUT2D eigenvalue weighted by Crippen LogP contribution is 2.19. The fourth-order valence-corrected chi connectivity index (χ4v) is 1.75. The van der Waals surface area contributed by atoms with Crippen molar-refractivity contribution in [3.8, 4) is 6.07 Å². The summed E-state index contributed by atoms with van der Waals surface area (Å²) in [5.74, 6) is -1.12. The number of thioether (sulfide) groups is 1. The minimum absolute atomic E-state index is 0.0518. The van der Waals surface area contributed by atoms with E-state index in [0.717, 1.165) is 11.8 Å². The predicted molar refractivity (Wildman–Crippen MR) is 52.9 cm³/mol. The molecule has 0 fully saturated rings. The summed E-state index contributed by atoms with van der Waals surface area (Å²) in [6.45, 7) is 1.48. The quantitative estimate of drug-likeness (QED) is 0.569. The van der Waals surface area contributed by atoms with E-state index in [2.05, 4.69) is 9.97 Å². The smallest absolute Gasteiger partial charge is 0.346 e. The SMILES string of the molecule is Cc1[nH]c(=O)nc(SCC#N)c1C(=O)O. The fraction of sp³-hybridized carbons (Fsp3) is 0.250. The van der Waals surface area contributed by atoms with Crippen molar-refractivity contribution in [1.29, 1.82) is 5.26 Å². The third kappa shape index (κ3) is 2.57. The van der Waals surface area contributed by atoms with Crippen LogP contribution < -0.4 is 5.69 Å². The molecule has 0 bridgehead atoms. The van der Waals surface area contributed by atoms with Gasteiger partial charge >= 0.3 is 11.7 Å². The Hall–Kier alpha value is -1.81. The molecule has 6 nitrogen and oxygen atoms in total. The van der Waals surface area contributed by atoms with E-state index in [4.69, 9.17) is 10.4 Å². The number of aromatic nitrogens is 2.